The Balaban J connectivity index is 1.71. The number of nitrogens with zero attached hydrogens (tertiary/aromatic N) is 5. The lowest BCUT2D eigenvalue weighted by molar-refractivity contribution is -0.384. The largest absolute Gasteiger partial charge is 0.269 e. The van der Waals surface area contributed by atoms with Crippen molar-refractivity contribution in [2.24, 2.45) is 10.2 Å². The molecule has 0 spiro atoms. The summed E-state index contributed by atoms with van der Waals surface area (Å²) in [6.45, 7) is 0. The van der Waals surface area contributed by atoms with Crippen LogP contribution in [0.5, 0.6) is 0 Å². The van der Waals surface area contributed by atoms with Gasteiger partial charge in [0.2, 0.25) is 15.2 Å². The average Bonchev–Trinajstić information content (AvgIpc) is 3.10. The molecule has 1 aliphatic heterocycles. The van der Waals surface area contributed by atoms with Crippen LogP contribution in [0.25, 0.3) is 11.4 Å². The second-order valence-corrected chi connectivity index (χ2v) is 8.33. The van der Waals surface area contributed by atoms with E-state index < -0.39 is 14.9 Å². The minimum absolute atomic E-state index is 0.000854. The molecule has 2 N–H and O–H groups in total. The number of primary sulfonamides is 1. The van der Waals surface area contributed by atoms with Crippen molar-refractivity contribution in [3.05, 3.63) is 64.2 Å². The molecule has 0 atom stereocenters. The maximum Gasteiger partial charge on any atom is 0.269 e. The van der Waals surface area contributed by atoms with Gasteiger partial charge in [-0.1, -0.05) is 11.8 Å². The maximum absolute atomic E-state index is 11.4. The Bertz CT molecular complexity index is 1200. The molecule has 4 rings (SSSR count). The number of rotatable bonds is 4. The summed E-state index contributed by atoms with van der Waals surface area (Å²) in [5.74, 6) is 0.989. The quantitative estimate of drug-likeness (QED) is 0.504. The van der Waals surface area contributed by atoms with Gasteiger partial charge < -0.3 is 0 Å². The van der Waals surface area contributed by atoms with Gasteiger partial charge in [0, 0.05) is 23.4 Å². The summed E-state index contributed by atoms with van der Waals surface area (Å²) in [5.41, 5.74) is 2.11. The lowest BCUT2D eigenvalue weighted by Gasteiger charge is -2.14. The Hall–Kier alpha value is -3.09. The highest BCUT2D eigenvalue weighted by Crippen LogP contribution is 2.29. The Kier molecular flexibility index (Phi) is 4.45. The minimum Gasteiger partial charge on any atom is -0.258 e. The van der Waals surface area contributed by atoms with Crippen molar-refractivity contribution in [3.63, 3.8) is 0 Å². The number of nitro groups is 1. The van der Waals surface area contributed by atoms with Crippen LogP contribution in [0.2, 0.25) is 0 Å². The van der Waals surface area contributed by atoms with Gasteiger partial charge in [0.1, 0.15) is 0 Å². The molecule has 1 aromatic heterocycles. The Morgan fingerprint density at radius 2 is 1.68 bits per heavy atom. The van der Waals surface area contributed by atoms with Crippen LogP contribution in [0.4, 0.5) is 5.69 Å². The predicted molar refractivity (Wildman–Crippen MR) is 103 cm³/mol. The molecule has 0 saturated heterocycles. The molecule has 1 aliphatic rings. The van der Waals surface area contributed by atoms with E-state index in [0.29, 0.717) is 22.3 Å². The third-order valence-electron chi connectivity index (χ3n) is 4.02. The van der Waals surface area contributed by atoms with Crippen LogP contribution in [0.3, 0.4) is 0 Å². The van der Waals surface area contributed by atoms with Crippen molar-refractivity contribution in [3.8, 4) is 11.4 Å². The molecule has 12 heteroatoms. The summed E-state index contributed by atoms with van der Waals surface area (Å²) in [5, 5.41) is 29.3. The van der Waals surface area contributed by atoms with Gasteiger partial charge in [-0.25, -0.2) is 13.6 Å². The Morgan fingerprint density at radius 1 is 1.04 bits per heavy atom. The van der Waals surface area contributed by atoms with Gasteiger partial charge in [0.25, 0.3) is 5.69 Å². The first-order chi connectivity index (χ1) is 13.3. The van der Waals surface area contributed by atoms with E-state index in [2.05, 4.69) is 15.3 Å². The summed E-state index contributed by atoms with van der Waals surface area (Å²) in [7, 11) is -3.78. The first-order valence-corrected chi connectivity index (χ1v) is 10.4. The van der Waals surface area contributed by atoms with Gasteiger partial charge in [0.15, 0.2) is 5.82 Å². The Morgan fingerprint density at radius 3 is 2.29 bits per heavy atom. The molecule has 28 heavy (non-hydrogen) atoms. The van der Waals surface area contributed by atoms with Crippen molar-refractivity contribution >= 4 is 33.2 Å². The molecular formula is C16H12N6O4S2. The number of nitrogens with two attached hydrogens (primary N) is 1. The van der Waals surface area contributed by atoms with Crippen molar-refractivity contribution in [1.82, 2.24) is 14.9 Å². The van der Waals surface area contributed by atoms with Crippen molar-refractivity contribution in [2.45, 2.75) is 10.1 Å². The normalized spacial score (nSPS) is 13.7. The van der Waals surface area contributed by atoms with Crippen LogP contribution < -0.4 is 5.14 Å². The number of thioether (sulfide) groups is 1. The van der Waals surface area contributed by atoms with Gasteiger partial charge in [-0.3, -0.25) is 10.1 Å². The summed E-state index contributed by atoms with van der Waals surface area (Å²) in [6, 6.07) is 12.1. The lowest BCUT2D eigenvalue weighted by Crippen LogP contribution is -2.14. The number of nitro benzene ring substituents is 1. The van der Waals surface area contributed by atoms with E-state index in [1.807, 2.05) is 0 Å². The van der Waals surface area contributed by atoms with Crippen LogP contribution >= 0.6 is 11.8 Å². The zero-order valence-corrected chi connectivity index (χ0v) is 15.7. The first kappa shape index (κ1) is 18.3. The standard InChI is InChI=1S/C16H12N6O4S2/c17-28(25,26)13-7-3-11(4-8-13)15-18-19-16-21(15)20-14(9-27-16)10-1-5-12(6-2-10)22(23)24/h1-8H,9H2,(H2,17,25,26). The van der Waals surface area contributed by atoms with E-state index >= 15 is 0 Å². The molecule has 2 aromatic carbocycles. The molecule has 0 fully saturated rings. The van der Waals surface area contributed by atoms with Crippen molar-refractivity contribution in [2.75, 3.05) is 5.75 Å². The van der Waals surface area contributed by atoms with Gasteiger partial charge >= 0.3 is 0 Å². The fourth-order valence-corrected chi connectivity index (χ4v) is 3.97. The number of non-ortho nitro benzene ring substituents is 1. The minimum atomic E-state index is -3.78. The molecule has 0 radical (unpaired) electrons. The van der Waals surface area contributed by atoms with E-state index in [9.17, 15) is 18.5 Å². The van der Waals surface area contributed by atoms with E-state index in [1.54, 1.807) is 28.9 Å². The number of hydrogen-bond acceptors (Lipinski definition) is 8. The molecule has 10 nitrogen and oxygen atoms in total. The highest BCUT2D eigenvalue weighted by molar-refractivity contribution is 7.99. The molecule has 3 aromatic rings. The Labute approximate surface area is 163 Å². The second kappa shape index (κ2) is 6.82. The monoisotopic (exact) mass is 416 g/mol. The number of benzene rings is 2. The van der Waals surface area contributed by atoms with Crippen molar-refractivity contribution < 1.29 is 13.3 Å². The zero-order chi connectivity index (χ0) is 19.9. The topological polar surface area (TPSA) is 146 Å². The zero-order valence-electron chi connectivity index (χ0n) is 14.1. The van der Waals surface area contributed by atoms with Crippen LogP contribution in [0, 0.1) is 10.1 Å². The number of aromatic nitrogens is 3. The fourth-order valence-electron chi connectivity index (χ4n) is 2.62. The second-order valence-electron chi connectivity index (χ2n) is 5.83. The first-order valence-electron chi connectivity index (χ1n) is 7.87. The van der Waals surface area contributed by atoms with Gasteiger partial charge in [-0.2, -0.15) is 9.78 Å². The van der Waals surface area contributed by atoms with E-state index in [0.717, 1.165) is 11.3 Å². The molecule has 2 heterocycles. The summed E-state index contributed by atoms with van der Waals surface area (Å²) < 4.78 is 24.4. The lowest BCUT2D eigenvalue weighted by atomic mass is 10.1. The third-order valence-corrected chi connectivity index (χ3v) is 5.88. The van der Waals surface area contributed by atoms with E-state index in [-0.39, 0.29) is 10.6 Å². The molecular weight excluding hydrogens is 404 g/mol. The summed E-state index contributed by atoms with van der Waals surface area (Å²) in [4.78, 5) is 10.4. The average molecular weight is 416 g/mol. The van der Waals surface area contributed by atoms with Gasteiger partial charge in [-0.15, -0.1) is 10.2 Å². The van der Waals surface area contributed by atoms with Crippen LogP contribution in [-0.2, 0) is 10.0 Å². The van der Waals surface area contributed by atoms with Crippen LogP contribution in [0.15, 0.2) is 63.7 Å². The summed E-state index contributed by atoms with van der Waals surface area (Å²) in [6.07, 6.45) is 0. The molecule has 0 saturated carbocycles. The fraction of sp³-hybridized carbons (Fsp3) is 0.0625. The van der Waals surface area contributed by atoms with Crippen LogP contribution in [-0.4, -0.2) is 39.7 Å². The highest BCUT2D eigenvalue weighted by Gasteiger charge is 2.21. The molecule has 0 bridgehead atoms. The SMILES string of the molecule is NS(=O)(=O)c1ccc(-c2nnc3n2N=C(c2ccc([N+](=O)[O-])cc2)CS3)cc1. The summed E-state index contributed by atoms with van der Waals surface area (Å²) >= 11 is 1.43. The maximum atomic E-state index is 11.4. The van der Waals surface area contributed by atoms with E-state index in [4.69, 9.17) is 5.14 Å². The molecule has 0 amide bonds. The molecule has 0 unspecified atom stereocenters. The highest BCUT2D eigenvalue weighted by atomic mass is 32.2. The molecule has 142 valence electrons. The van der Waals surface area contributed by atoms with Crippen molar-refractivity contribution in [1.29, 1.82) is 0 Å². The number of sulfonamides is 1. The molecule has 0 aliphatic carbocycles. The predicted octanol–water partition coefficient (Wildman–Crippen LogP) is 1.86. The third kappa shape index (κ3) is 3.40. The number of hydrogen-bond donors (Lipinski definition) is 1. The van der Waals surface area contributed by atoms with Gasteiger partial charge in [0.05, 0.1) is 15.5 Å². The van der Waals surface area contributed by atoms with Crippen LogP contribution in [0.1, 0.15) is 5.56 Å². The smallest absolute Gasteiger partial charge is 0.258 e. The number of fused-ring (bicyclic) bond motifs is 1. The van der Waals surface area contributed by atoms with Gasteiger partial charge in [-0.05, 0) is 42.0 Å². The van der Waals surface area contributed by atoms with E-state index in [1.165, 1.54) is 36.0 Å².